The summed E-state index contributed by atoms with van der Waals surface area (Å²) >= 11 is 0. The first-order chi connectivity index (χ1) is 26.7. The van der Waals surface area contributed by atoms with Gasteiger partial charge in [-0.15, -0.1) is 0 Å². The molecule has 1 aromatic carbocycles. The van der Waals surface area contributed by atoms with Crippen molar-refractivity contribution in [1.29, 1.82) is 0 Å². The summed E-state index contributed by atoms with van der Waals surface area (Å²) in [5, 5.41) is 2.71. The van der Waals surface area contributed by atoms with Gasteiger partial charge < -0.3 is 71.8 Å². The molecule has 0 spiro atoms. The van der Waals surface area contributed by atoms with Gasteiger partial charge in [-0.25, -0.2) is 4.79 Å². The van der Waals surface area contributed by atoms with Gasteiger partial charge in [0.1, 0.15) is 18.0 Å². The Morgan fingerprint density at radius 2 is 0.782 bits per heavy atom. The van der Waals surface area contributed by atoms with Gasteiger partial charge in [-0.2, -0.15) is 0 Å². The van der Waals surface area contributed by atoms with Crippen LogP contribution in [0.4, 0.5) is 10.5 Å². The fraction of sp³-hybridized carbons (Fsp3) is 0.789. The summed E-state index contributed by atoms with van der Waals surface area (Å²) in [5.41, 5.74) is 0.213. The second-order valence-electron chi connectivity index (χ2n) is 12.7. The van der Waals surface area contributed by atoms with Gasteiger partial charge in [-0.1, -0.05) is 0 Å². The van der Waals surface area contributed by atoms with Crippen LogP contribution in [0.1, 0.15) is 27.7 Å². The van der Waals surface area contributed by atoms with E-state index in [9.17, 15) is 9.59 Å². The van der Waals surface area contributed by atoms with Crippen molar-refractivity contribution < 1.29 is 71.2 Å². The van der Waals surface area contributed by atoms with Crippen molar-refractivity contribution in [1.82, 2.24) is 4.90 Å². The molecule has 0 fully saturated rings. The second-order valence-corrected chi connectivity index (χ2v) is 12.7. The Labute approximate surface area is 327 Å². The number of amides is 2. The van der Waals surface area contributed by atoms with E-state index in [0.29, 0.717) is 164 Å². The molecule has 0 bridgehead atoms. The van der Waals surface area contributed by atoms with E-state index in [1.165, 1.54) is 11.8 Å². The van der Waals surface area contributed by atoms with Crippen LogP contribution in [0.3, 0.4) is 0 Å². The zero-order chi connectivity index (χ0) is 40.1. The predicted molar refractivity (Wildman–Crippen MR) is 204 cm³/mol. The van der Waals surface area contributed by atoms with E-state index in [4.69, 9.17) is 61.6 Å². The average Bonchev–Trinajstić information content (AvgIpc) is 3.14. The molecular formula is C38H68N2O15. The lowest BCUT2D eigenvalue weighted by Gasteiger charge is -2.24. The van der Waals surface area contributed by atoms with Crippen molar-refractivity contribution in [3.8, 4) is 5.75 Å². The minimum atomic E-state index is -0.515. The first-order valence-corrected chi connectivity index (χ1v) is 19.0. The number of hydrogen-bond acceptors (Lipinski definition) is 15. The molecule has 0 radical (unpaired) electrons. The van der Waals surface area contributed by atoms with Crippen LogP contribution in [-0.4, -0.2) is 188 Å². The first kappa shape index (κ1) is 50.3. The molecule has 0 aliphatic heterocycles. The van der Waals surface area contributed by atoms with Crippen LogP contribution in [0, 0.1) is 0 Å². The standard InChI is InChI=1S/C38H68N2O15/c1-34(41)39-35-6-8-36(9-7-35)54-33-32-53-31-30-52-29-28-51-27-26-50-25-24-49-23-22-48-21-20-47-19-18-46-17-16-45-15-14-44-13-12-43-11-10-40(5)37(42)55-38(2,3)4/h6-9H,10-33H2,1-5H3,(H,39,41). The highest BCUT2D eigenvalue weighted by molar-refractivity contribution is 5.88. The number of carbonyl (C=O) groups excluding carboxylic acids is 2. The van der Waals surface area contributed by atoms with Gasteiger partial charge in [-0.3, -0.25) is 4.79 Å². The van der Waals surface area contributed by atoms with Crippen molar-refractivity contribution in [2.45, 2.75) is 33.3 Å². The summed E-state index contributed by atoms with van der Waals surface area (Å²) in [4.78, 5) is 24.4. The number of ether oxygens (including phenoxy) is 13. The van der Waals surface area contributed by atoms with Gasteiger partial charge in [0.05, 0.1) is 145 Å². The van der Waals surface area contributed by atoms with Crippen molar-refractivity contribution in [2.75, 3.05) is 171 Å². The van der Waals surface area contributed by atoms with Crippen molar-refractivity contribution in [3.05, 3.63) is 24.3 Å². The molecule has 0 aromatic heterocycles. The number of nitrogens with zero attached hydrogens (tertiary/aromatic N) is 1. The zero-order valence-electron chi connectivity index (χ0n) is 33.9. The van der Waals surface area contributed by atoms with E-state index in [2.05, 4.69) is 5.32 Å². The summed E-state index contributed by atoms with van der Waals surface area (Å²) in [6.07, 6.45) is -0.368. The fourth-order valence-electron chi connectivity index (χ4n) is 3.99. The molecule has 1 rings (SSSR count). The van der Waals surface area contributed by atoms with Crippen molar-refractivity contribution in [3.63, 3.8) is 0 Å². The number of rotatable bonds is 38. The molecule has 55 heavy (non-hydrogen) atoms. The molecule has 0 aliphatic rings. The topological polar surface area (TPSA) is 169 Å². The van der Waals surface area contributed by atoms with Crippen LogP contribution in [-0.2, 0) is 61.6 Å². The van der Waals surface area contributed by atoms with Gasteiger partial charge >= 0.3 is 6.09 Å². The number of nitrogens with one attached hydrogen (secondary N) is 1. The molecule has 0 atom stereocenters. The Balaban J connectivity index is 1.67. The summed E-state index contributed by atoms with van der Waals surface area (Å²) in [6, 6.07) is 7.17. The Bertz CT molecular complexity index is 1030. The summed E-state index contributed by atoms with van der Waals surface area (Å²) in [5.74, 6) is 0.601. The summed E-state index contributed by atoms with van der Waals surface area (Å²) < 4.78 is 71.2. The lowest BCUT2D eigenvalue weighted by Crippen LogP contribution is -2.36. The maximum absolute atomic E-state index is 11.9. The van der Waals surface area contributed by atoms with E-state index in [-0.39, 0.29) is 12.0 Å². The lowest BCUT2D eigenvalue weighted by atomic mass is 10.2. The van der Waals surface area contributed by atoms with E-state index >= 15 is 0 Å². The van der Waals surface area contributed by atoms with Crippen LogP contribution in [0.5, 0.6) is 5.75 Å². The highest BCUT2D eigenvalue weighted by atomic mass is 16.6. The quantitative estimate of drug-likeness (QED) is 0.0970. The number of carbonyl (C=O) groups is 2. The van der Waals surface area contributed by atoms with E-state index in [1.54, 1.807) is 31.3 Å². The molecule has 0 aliphatic carbocycles. The molecule has 0 saturated heterocycles. The van der Waals surface area contributed by atoms with E-state index < -0.39 is 5.60 Å². The Morgan fingerprint density at radius 3 is 1.07 bits per heavy atom. The molecular weight excluding hydrogens is 724 g/mol. The lowest BCUT2D eigenvalue weighted by molar-refractivity contribution is -0.114. The maximum atomic E-state index is 11.9. The van der Waals surface area contributed by atoms with Crippen molar-refractivity contribution >= 4 is 17.7 Å². The summed E-state index contributed by atoms with van der Waals surface area (Å²) in [6.45, 7) is 18.3. The Hall–Kier alpha value is -2.68. The molecule has 1 N–H and O–H groups in total. The molecule has 0 heterocycles. The van der Waals surface area contributed by atoms with Gasteiger partial charge in [0.15, 0.2) is 0 Å². The van der Waals surface area contributed by atoms with Crippen LogP contribution in [0.15, 0.2) is 24.3 Å². The fourth-order valence-corrected chi connectivity index (χ4v) is 3.99. The van der Waals surface area contributed by atoms with Gasteiger partial charge in [0.2, 0.25) is 5.91 Å². The zero-order valence-corrected chi connectivity index (χ0v) is 33.9. The Morgan fingerprint density at radius 1 is 0.491 bits per heavy atom. The summed E-state index contributed by atoms with van der Waals surface area (Å²) in [7, 11) is 1.68. The monoisotopic (exact) mass is 792 g/mol. The number of hydrogen-bond donors (Lipinski definition) is 1. The molecule has 17 nitrogen and oxygen atoms in total. The molecule has 0 unspecified atom stereocenters. The highest BCUT2D eigenvalue weighted by Gasteiger charge is 2.19. The van der Waals surface area contributed by atoms with Gasteiger partial charge in [0.25, 0.3) is 0 Å². The Kier molecular flexibility index (Phi) is 32.7. The molecule has 320 valence electrons. The molecule has 0 saturated carbocycles. The van der Waals surface area contributed by atoms with Crippen molar-refractivity contribution in [2.24, 2.45) is 0 Å². The third kappa shape index (κ3) is 35.5. The van der Waals surface area contributed by atoms with Gasteiger partial charge in [-0.05, 0) is 45.0 Å². The second kappa shape index (κ2) is 35.7. The molecule has 1 aromatic rings. The van der Waals surface area contributed by atoms with Crippen LogP contribution in [0.2, 0.25) is 0 Å². The molecule has 17 heteroatoms. The SMILES string of the molecule is CC(=O)Nc1ccc(OCCOCCOCCOCCOCCOCCOCCOCCOCCOCCOCCOCCN(C)C(=O)OC(C)(C)C)cc1. The number of benzene rings is 1. The third-order valence-corrected chi connectivity index (χ3v) is 6.67. The minimum absolute atomic E-state index is 0.112. The average molecular weight is 793 g/mol. The normalized spacial score (nSPS) is 11.5. The smallest absolute Gasteiger partial charge is 0.410 e. The van der Waals surface area contributed by atoms with Gasteiger partial charge in [0, 0.05) is 26.2 Å². The van der Waals surface area contributed by atoms with Crippen LogP contribution in [0.25, 0.3) is 0 Å². The van der Waals surface area contributed by atoms with E-state index in [0.717, 1.165) is 5.69 Å². The molecule has 2 amide bonds. The highest BCUT2D eigenvalue weighted by Crippen LogP contribution is 2.15. The number of likely N-dealkylation sites (N-methyl/N-ethyl adjacent to an activating group) is 1. The van der Waals surface area contributed by atoms with E-state index in [1.807, 2.05) is 20.8 Å². The third-order valence-electron chi connectivity index (χ3n) is 6.67. The minimum Gasteiger partial charge on any atom is -0.491 e. The van der Waals surface area contributed by atoms with Crippen LogP contribution < -0.4 is 10.1 Å². The number of anilines is 1. The first-order valence-electron chi connectivity index (χ1n) is 19.0. The van der Waals surface area contributed by atoms with Crippen LogP contribution >= 0.6 is 0 Å². The largest absolute Gasteiger partial charge is 0.491 e. The maximum Gasteiger partial charge on any atom is 0.410 e. The predicted octanol–water partition coefficient (Wildman–Crippen LogP) is 3.07.